The van der Waals surface area contributed by atoms with Crippen LogP contribution >= 0.6 is 0 Å². The van der Waals surface area contributed by atoms with Crippen molar-refractivity contribution in [1.29, 1.82) is 0 Å². The molecule has 0 N–H and O–H groups in total. The second-order valence-electron chi connectivity index (χ2n) is 8.86. The smallest absolute Gasteiger partial charge is 0.331 e. The lowest BCUT2D eigenvalue weighted by molar-refractivity contribution is -0.423. The van der Waals surface area contributed by atoms with E-state index in [1.54, 1.807) is 0 Å². The summed E-state index contributed by atoms with van der Waals surface area (Å²) in [5, 5.41) is 0. The van der Waals surface area contributed by atoms with Crippen molar-refractivity contribution in [3.05, 3.63) is 71.8 Å². The summed E-state index contributed by atoms with van der Waals surface area (Å²) in [4.78, 5) is 0. The quantitative estimate of drug-likeness (QED) is 0.127. The molecule has 220 valence electrons. The van der Waals surface area contributed by atoms with Gasteiger partial charge in [-0.05, 0) is 24.0 Å². The summed E-state index contributed by atoms with van der Waals surface area (Å²) in [5.41, 5.74) is -3.82. The van der Waals surface area contributed by atoms with Gasteiger partial charge in [0.15, 0.2) is 11.6 Å². The highest BCUT2D eigenvalue weighted by Crippen LogP contribution is 2.60. The molecule has 0 heterocycles. The van der Waals surface area contributed by atoms with Crippen LogP contribution in [-0.2, 0) is 33.8 Å². The number of hydrogen-bond acceptors (Lipinski definition) is 6. The van der Waals surface area contributed by atoms with Crippen molar-refractivity contribution in [2.75, 3.05) is 42.7 Å². The third kappa shape index (κ3) is 5.71. The summed E-state index contributed by atoms with van der Waals surface area (Å²) in [5.74, 6) is -14.6. The van der Waals surface area contributed by atoms with Gasteiger partial charge in [0.1, 0.15) is 0 Å². The third-order valence-electron chi connectivity index (χ3n) is 7.09. The Balaban J connectivity index is 2.64. The first-order valence-electron chi connectivity index (χ1n) is 12.3. The van der Waals surface area contributed by atoms with E-state index in [1.807, 2.05) is 0 Å². The van der Waals surface area contributed by atoms with E-state index in [0.717, 1.165) is 21.3 Å². The van der Waals surface area contributed by atoms with Crippen LogP contribution in [0.2, 0.25) is 0 Å². The van der Waals surface area contributed by atoms with Crippen molar-refractivity contribution in [2.45, 2.75) is 61.1 Å². The van der Waals surface area contributed by atoms with Crippen molar-refractivity contribution >= 4 is 0 Å². The molecule has 0 fully saturated rings. The molecule has 0 amide bonds. The molecule has 2 aromatic rings. The molecule has 2 aromatic carbocycles. The molecule has 11 heteroatoms. The van der Waals surface area contributed by atoms with E-state index >= 15 is 22.0 Å². The number of hydrogen-bond donors (Lipinski definition) is 0. The summed E-state index contributed by atoms with van der Waals surface area (Å²) in [7, 11) is 6.92. The van der Waals surface area contributed by atoms with Crippen LogP contribution < -0.4 is 0 Å². The Bertz CT molecular complexity index is 928. The van der Waals surface area contributed by atoms with Crippen LogP contribution in [0.15, 0.2) is 60.7 Å². The largest absolute Gasteiger partial charge is 0.342 e. The minimum atomic E-state index is -5.21. The molecule has 0 spiro atoms. The highest BCUT2D eigenvalue weighted by Gasteiger charge is 2.80. The zero-order chi connectivity index (χ0) is 29.4. The van der Waals surface area contributed by atoms with Gasteiger partial charge in [-0.2, -0.15) is 17.6 Å². The summed E-state index contributed by atoms with van der Waals surface area (Å²) in [6.07, 6.45) is -4.15. The average Bonchev–Trinajstić information content (AvgIpc) is 2.97. The van der Waals surface area contributed by atoms with E-state index < -0.39 is 41.8 Å². The van der Waals surface area contributed by atoms with Crippen LogP contribution in [0.3, 0.4) is 0 Å². The van der Waals surface area contributed by atoms with Gasteiger partial charge in [-0.25, -0.2) is 4.39 Å². The van der Waals surface area contributed by atoms with Gasteiger partial charge in [0.25, 0.3) is 5.97 Å². The van der Waals surface area contributed by atoms with Gasteiger partial charge in [-0.15, -0.1) is 0 Å². The summed E-state index contributed by atoms with van der Waals surface area (Å²) in [6.45, 7) is 0. The summed E-state index contributed by atoms with van der Waals surface area (Å²) >= 11 is 0. The van der Waals surface area contributed by atoms with Gasteiger partial charge in [0.05, 0.1) is 0 Å². The first-order chi connectivity index (χ1) is 18.5. The van der Waals surface area contributed by atoms with E-state index in [9.17, 15) is 0 Å². The number of halogens is 5. The second-order valence-corrected chi connectivity index (χ2v) is 8.86. The Morgan fingerprint density at radius 2 is 1.03 bits per heavy atom. The van der Waals surface area contributed by atoms with Crippen LogP contribution in [0.4, 0.5) is 22.0 Å². The van der Waals surface area contributed by atoms with E-state index in [-0.39, 0.29) is 30.4 Å². The van der Waals surface area contributed by atoms with Crippen molar-refractivity contribution in [3.63, 3.8) is 0 Å². The number of ether oxygens (including phenoxy) is 6. The molecule has 1 unspecified atom stereocenters. The summed E-state index contributed by atoms with van der Waals surface area (Å²) < 4.78 is 112. The summed E-state index contributed by atoms with van der Waals surface area (Å²) in [6, 6.07) is 13.5. The first-order valence-corrected chi connectivity index (χ1v) is 12.3. The molecule has 0 aliphatic heterocycles. The molecule has 0 aromatic heterocycles. The number of alkyl halides is 5. The van der Waals surface area contributed by atoms with Crippen LogP contribution in [0, 0.1) is 0 Å². The van der Waals surface area contributed by atoms with Crippen LogP contribution in [0.1, 0.15) is 36.8 Å². The van der Waals surface area contributed by atoms with E-state index in [2.05, 4.69) is 0 Å². The number of benzene rings is 2. The Kier molecular flexibility index (Phi) is 11.4. The van der Waals surface area contributed by atoms with Gasteiger partial charge in [0.2, 0.25) is 0 Å². The normalized spacial score (nSPS) is 14.4. The molecule has 39 heavy (non-hydrogen) atoms. The molecule has 0 bridgehead atoms. The van der Waals surface area contributed by atoms with Crippen molar-refractivity contribution in [2.24, 2.45) is 0 Å². The highest BCUT2D eigenvalue weighted by atomic mass is 19.3. The van der Waals surface area contributed by atoms with Crippen molar-refractivity contribution in [3.8, 4) is 0 Å². The maximum Gasteiger partial charge on any atom is 0.342 e. The fourth-order valence-electron chi connectivity index (χ4n) is 5.01. The molecule has 6 nitrogen and oxygen atoms in total. The second kappa shape index (κ2) is 13.5. The van der Waals surface area contributed by atoms with Gasteiger partial charge in [-0.3, -0.25) is 0 Å². The lowest BCUT2D eigenvalue weighted by Crippen LogP contribution is -2.71. The zero-order valence-corrected chi connectivity index (χ0v) is 23.0. The van der Waals surface area contributed by atoms with Crippen LogP contribution in [0.5, 0.6) is 0 Å². The molecule has 0 saturated heterocycles. The molecule has 0 radical (unpaired) electrons. The van der Waals surface area contributed by atoms with Crippen molar-refractivity contribution < 1.29 is 50.4 Å². The fraction of sp³-hybridized carbons (Fsp3) is 0.571. The molecule has 1 atom stereocenters. The number of unbranched alkanes of at least 4 members (excludes halogenated alkanes) is 1. The Labute approximate surface area is 226 Å². The number of methoxy groups -OCH3 is 6. The van der Waals surface area contributed by atoms with Gasteiger partial charge < -0.3 is 28.4 Å². The van der Waals surface area contributed by atoms with E-state index in [0.29, 0.717) is 0 Å². The third-order valence-corrected chi connectivity index (χ3v) is 7.09. The molecule has 2 rings (SSSR count). The van der Waals surface area contributed by atoms with Gasteiger partial charge in [0, 0.05) is 49.1 Å². The van der Waals surface area contributed by atoms with Gasteiger partial charge in [-0.1, -0.05) is 67.1 Å². The SMILES string of the molecule is COC(CCCCC(F)C(F)(F)C(F)(F)C(c1ccccc1)(c1ccccc1)C(OC)(OC)OC)(OC)OC. The highest BCUT2D eigenvalue weighted by molar-refractivity contribution is 5.46. The minimum Gasteiger partial charge on any atom is -0.331 e. The lowest BCUT2D eigenvalue weighted by Gasteiger charge is -2.52. The maximum absolute atomic E-state index is 16.8. The molecular formula is C28H37F5O6. The van der Waals surface area contributed by atoms with Crippen LogP contribution in [0.25, 0.3) is 0 Å². The minimum absolute atomic E-state index is 0.0588. The standard InChI is InChI=1S/C28H37F5O6/c1-34-24(35-2,36-3)20-14-13-19-23(29)26(30,31)27(32,33)25(21-15-9-7-10-16-21,22-17-11-8-12-18-22)28(37-4,38-5)39-6/h7-12,15-18,23H,13-14,19-20H2,1-6H3. The Morgan fingerprint density at radius 3 is 1.38 bits per heavy atom. The van der Waals surface area contributed by atoms with Crippen LogP contribution in [-0.4, -0.2) is 72.6 Å². The lowest BCUT2D eigenvalue weighted by atomic mass is 9.64. The van der Waals surface area contributed by atoms with Crippen molar-refractivity contribution in [1.82, 2.24) is 0 Å². The Hall–Kier alpha value is -2.15. The Morgan fingerprint density at radius 1 is 0.615 bits per heavy atom. The predicted molar refractivity (Wildman–Crippen MR) is 134 cm³/mol. The fourth-order valence-corrected chi connectivity index (χ4v) is 5.01. The van der Waals surface area contributed by atoms with E-state index in [4.69, 9.17) is 28.4 Å². The monoisotopic (exact) mass is 564 g/mol. The average molecular weight is 565 g/mol. The zero-order valence-electron chi connectivity index (χ0n) is 23.0. The molecular weight excluding hydrogens is 527 g/mol. The molecule has 0 aliphatic carbocycles. The predicted octanol–water partition coefficient (Wildman–Crippen LogP) is 6.33. The number of rotatable bonds is 17. The van der Waals surface area contributed by atoms with Gasteiger partial charge >= 0.3 is 17.8 Å². The maximum atomic E-state index is 16.8. The topological polar surface area (TPSA) is 55.4 Å². The first kappa shape index (κ1) is 33.1. The molecule has 0 saturated carbocycles. The molecule has 0 aliphatic rings. The van der Waals surface area contributed by atoms with E-state index in [1.165, 1.54) is 82.0 Å².